The fraction of sp³-hybridized carbons (Fsp3) is 0.625. The van der Waals surface area contributed by atoms with E-state index in [4.69, 9.17) is 9.73 Å². The van der Waals surface area contributed by atoms with Gasteiger partial charge < -0.3 is 20.3 Å². The lowest BCUT2D eigenvalue weighted by Crippen LogP contribution is -2.67. The maximum absolute atomic E-state index is 12.9. The minimum atomic E-state index is -0.385. The lowest BCUT2D eigenvalue weighted by atomic mass is 9.83. The van der Waals surface area contributed by atoms with E-state index in [1.54, 1.807) is 24.3 Å². The summed E-state index contributed by atoms with van der Waals surface area (Å²) in [6, 6.07) is 7.68. The molecular weight excluding hydrogens is 406 g/mol. The summed E-state index contributed by atoms with van der Waals surface area (Å²) in [4.78, 5) is 34.2. The van der Waals surface area contributed by atoms with E-state index < -0.39 is 0 Å². The number of likely N-dealkylation sites (tertiary alicyclic amines) is 1. The molecule has 0 aromatic heterocycles. The van der Waals surface area contributed by atoms with Crippen molar-refractivity contribution >= 4 is 23.5 Å². The van der Waals surface area contributed by atoms with Crippen LogP contribution in [0.4, 0.5) is 10.5 Å². The van der Waals surface area contributed by atoms with Crippen LogP contribution in [0.2, 0.25) is 0 Å². The van der Waals surface area contributed by atoms with E-state index in [1.807, 2.05) is 4.90 Å². The minimum Gasteiger partial charge on any atom is -0.465 e. The molecule has 1 saturated carbocycles. The Morgan fingerprint density at radius 1 is 1.09 bits per heavy atom. The van der Waals surface area contributed by atoms with Crippen molar-refractivity contribution in [1.29, 1.82) is 0 Å². The number of methoxy groups -OCH3 is 1. The molecule has 4 aliphatic rings. The number of benzene rings is 1. The Kier molecular flexibility index (Phi) is 5.80. The van der Waals surface area contributed by atoms with Crippen LogP contribution in [-0.2, 0) is 4.74 Å². The highest BCUT2D eigenvalue weighted by molar-refractivity contribution is 5.95. The molecule has 1 aromatic rings. The molecule has 3 saturated heterocycles. The van der Waals surface area contributed by atoms with Gasteiger partial charge in [0.25, 0.3) is 0 Å². The van der Waals surface area contributed by atoms with E-state index in [1.165, 1.54) is 45.0 Å². The Hall–Kier alpha value is -2.61. The first-order valence-corrected chi connectivity index (χ1v) is 11.9. The lowest BCUT2D eigenvalue weighted by molar-refractivity contribution is 0.0600. The summed E-state index contributed by atoms with van der Waals surface area (Å²) in [7, 11) is 1.36. The zero-order valence-electron chi connectivity index (χ0n) is 18.8. The zero-order valence-corrected chi connectivity index (χ0v) is 18.8. The molecule has 4 fully saturated rings. The molecule has 0 radical (unpaired) electrons. The van der Waals surface area contributed by atoms with Gasteiger partial charge in [0.15, 0.2) is 0 Å². The van der Waals surface area contributed by atoms with Gasteiger partial charge in [0.1, 0.15) is 5.84 Å². The molecule has 3 aliphatic heterocycles. The number of anilines is 1. The molecule has 2 N–H and O–H groups in total. The second-order valence-corrected chi connectivity index (χ2v) is 9.51. The third kappa shape index (κ3) is 3.96. The predicted octanol–water partition coefficient (Wildman–Crippen LogP) is 2.86. The van der Waals surface area contributed by atoms with Crippen LogP contribution in [0.25, 0.3) is 0 Å². The number of rotatable bonds is 3. The topological polar surface area (TPSA) is 86.3 Å². The number of amides is 2. The smallest absolute Gasteiger partial charge is 0.337 e. The largest absolute Gasteiger partial charge is 0.465 e. The normalized spacial score (nSPS) is 28.0. The van der Waals surface area contributed by atoms with Crippen LogP contribution in [0.3, 0.4) is 0 Å². The summed E-state index contributed by atoms with van der Waals surface area (Å²) >= 11 is 0. The van der Waals surface area contributed by atoms with Crippen molar-refractivity contribution in [2.75, 3.05) is 38.6 Å². The van der Waals surface area contributed by atoms with E-state index in [0.29, 0.717) is 36.4 Å². The van der Waals surface area contributed by atoms with Crippen molar-refractivity contribution in [3.63, 3.8) is 0 Å². The number of hydrogen-bond acceptors (Lipinski definition) is 5. The van der Waals surface area contributed by atoms with E-state index >= 15 is 0 Å². The Bertz CT molecular complexity index is 885. The van der Waals surface area contributed by atoms with Crippen LogP contribution in [0.5, 0.6) is 0 Å². The Morgan fingerprint density at radius 3 is 2.50 bits per heavy atom. The summed E-state index contributed by atoms with van der Waals surface area (Å²) < 4.78 is 4.73. The van der Waals surface area contributed by atoms with Gasteiger partial charge in [-0.1, -0.05) is 12.8 Å². The summed E-state index contributed by atoms with van der Waals surface area (Å²) in [5, 5.41) is 6.75. The van der Waals surface area contributed by atoms with Gasteiger partial charge in [-0.15, -0.1) is 0 Å². The van der Waals surface area contributed by atoms with Crippen LogP contribution in [0.1, 0.15) is 55.3 Å². The number of piperidine rings is 1. The number of esters is 1. The number of ether oxygens (including phenoxy) is 1. The first kappa shape index (κ1) is 21.2. The predicted molar refractivity (Wildman–Crippen MR) is 123 cm³/mol. The number of carbonyl (C=O) groups is 2. The second-order valence-electron chi connectivity index (χ2n) is 9.51. The first-order valence-electron chi connectivity index (χ1n) is 11.9. The number of amidine groups is 1. The van der Waals surface area contributed by atoms with Crippen molar-refractivity contribution in [2.24, 2.45) is 4.99 Å². The molecule has 2 amide bonds. The first-order chi connectivity index (χ1) is 15.6. The molecular formula is C24H33N5O3. The number of aliphatic imine (C=N–C) groups is 1. The fourth-order valence-corrected chi connectivity index (χ4v) is 5.76. The molecule has 2 unspecified atom stereocenters. The van der Waals surface area contributed by atoms with Crippen LogP contribution in [-0.4, -0.2) is 78.5 Å². The maximum atomic E-state index is 12.9. The molecule has 32 heavy (non-hydrogen) atoms. The average Bonchev–Trinajstić information content (AvgIpc) is 3.49. The number of urea groups is 1. The standard InChI is InChI=1S/C24H33N5O3/c1-32-21(30)17-6-8-19(9-7-17)27-23(31)28-14-11-24(12-15-28)22(25-18-4-2-3-5-18)26-20-10-13-29(24)16-20/h6-9,18,20H,2-5,10-16H2,1H3,(H,25,26)(H,27,31). The molecule has 1 spiro atoms. The Balaban J connectivity index is 1.25. The molecule has 172 valence electrons. The van der Waals surface area contributed by atoms with E-state index in [0.717, 1.165) is 25.9 Å². The molecule has 8 heteroatoms. The third-order valence-corrected chi connectivity index (χ3v) is 7.65. The summed E-state index contributed by atoms with van der Waals surface area (Å²) in [5.41, 5.74) is 1.09. The van der Waals surface area contributed by atoms with Crippen LogP contribution in [0.15, 0.2) is 29.3 Å². The quantitative estimate of drug-likeness (QED) is 0.708. The molecule has 8 nitrogen and oxygen atoms in total. The Morgan fingerprint density at radius 2 is 1.81 bits per heavy atom. The molecule has 5 rings (SSSR count). The highest BCUT2D eigenvalue weighted by Gasteiger charge is 2.51. The van der Waals surface area contributed by atoms with Gasteiger partial charge in [-0.3, -0.25) is 9.89 Å². The van der Waals surface area contributed by atoms with Crippen molar-refractivity contribution < 1.29 is 14.3 Å². The van der Waals surface area contributed by atoms with Gasteiger partial charge in [0.2, 0.25) is 0 Å². The fourth-order valence-electron chi connectivity index (χ4n) is 5.76. The zero-order chi connectivity index (χ0) is 22.1. The van der Waals surface area contributed by atoms with Gasteiger partial charge in [-0.2, -0.15) is 0 Å². The second kappa shape index (κ2) is 8.73. The SMILES string of the molecule is COC(=O)c1ccc(NC(=O)N2CCC3(CC2)C(=NC2CCCC2)NC2CCN3C2)cc1. The van der Waals surface area contributed by atoms with Gasteiger partial charge in [-0.05, 0) is 56.4 Å². The van der Waals surface area contributed by atoms with Crippen LogP contribution >= 0.6 is 0 Å². The van der Waals surface area contributed by atoms with Gasteiger partial charge in [-0.25, -0.2) is 9.59 Å². The summed E-state index contributed by atoms with van der Waals surface area (Å²) in [5.74, 6) is 0.807. The van der Waals surface area contributed by atoms with Gasteiger partial charge in [0, 0.05) is 37.9 Å². The number of hydrogen-bond donors (Lipinski definition) is 2. The van der Waals surface area contributed by atoms with Crippen molar-refractivity contribution in [2.45, 2.75) is 62.6 Å². The number of fused-ring (bicyclic) bond motifs is 3. The van der Waals surface area contributed by atoms with Crippen LogP contribution in [0, 0.1) is 0 Å². The van der Waals surface area contributed by atoms with Crippen molar-refractivity contribution in [1.82, 2.24) is 15.1 Å². The van der Waals surface area contributed by atoms with Gasteiger partial charge in [0.05, 0.1) is 24.3 Å². The summed E-state index contributed by atoms with van der Waals surface area (Å²) in [6.45, 7) is 3.61. The maximum Gasteiger partial charge on any atom is 0.337 e. The number of piperazine rings is 1. The summed E-state index contributed by atoms with van der Waals surface area (Å²) in [6.07, 6.45) is 7.98. The molecule has 2 bridgehead atoms. The highest BCUT2D eigenvalue weighted by Crippen LogP contribution is 2.37. The Labute approximate surface area is 189 Å². The number of nitrogens with zero attached hydrogens (tertiary/aromatic N) is 3. The van der Waals surface area contributed by atoms with E-state index in [-0.39, 0.29) is 17.5 Å². The highest BCUT2D eigenvalue weighted by atomic mass is 16.5. The van der Waals surface area contributed by atoms with Crippen LogP contribution < -0.4 is 10.6 Å². The molecule has 1 aliphatic carbocycles. The minimum absolute atomic E-state index is 0.0471. The number of nitrogens with one attached hydrogen (secondary N) is 2. The molecule has 3 heterocycles. The third-order valence-electron chi connectivity index (χ3n) is 7.65. The van der Waals surface area contributed by atoms with Crippen molar-refractivity contribution in [3.8, 4) is 0 Å². The van der Waals surface area contributed by atoms with Gasteiger partial charge >= 0.3 is 12.0 Å². The molecule has 1 aromatic carbocycles. The molecule has 2 atom stereocenters. The number of carbonyl (C=O) groups excluding carboxylic acids is 2. The van der Waals surface area contributed by atoms with E-state index in [2.05, 4.69) is 15.5 Å². The average molecular weight is 440 g/mol. The van der Waals surface area contributed by atoms with E-state index in [9.17, 15) is 9.59 Å². The van der Waals surface area contributed by atoms with Crippen molar-refractivity contribution in [3.05, 3.63) is 29.8 Å². The monoisotopic (exact) mass is 439 g/mol. The lowest BCUT2D eigenvalue weighted by Gasteiger charge is -2.50.